The minimum absolute atomic E-state index is 0.361. The molecule has 1 aliphatic rings. The number of rotatable bonds is 5. The van der Waals surface area contributed by atoms with Crippen LogP contribution in [0.15, 0.2) is 59.8 Å². The minimum Gasteiger partial charge on any atom is -0.370 e. The van der Waals surface area contributed by atoms with E-state index in [0.29, 0.717) is 41.0 Å². The molecule has 0 unspecified atom stereocenters. The number of fused-ring (bicyclic) bond motifs is 4. The number of H-pyrrole nitrogens is 1. The first-order chi connectivity index (χ1) is 17.0. The summed E-state index contributed by atoms with van der Waals surface area (Å²) in [6.45, 7) is 4.48. The molecule has 2 aromatic carbocycles. The SMILES string of the molecule is CC1(C)Cc2c(C#N)c(Nc3ccccc3)n3c(SCc4nc5ccccc5[nH]4)nnc3c2CO1. The number of hydrogen-bond donors (Lipinski definition) is 2. The average Bonchev–Trinajstić information content (AvgIpc) is 3.47. The van der Waals surface area contributed by atoms with Crippen molar-refractivity contribution in [1.29, 1.82) is 5.26 Å². The molecule has 0 aliphatic carbocycles. The van der Waals surface area contributed by atoms with Crippen molar-refractivity contribution < 1.29 is 4.74 Å². The fourth-order valence-corrected chi connectivity index (χ4v) is 5.30. The van der Waals surface area contributed by atoms with Crippen molar-refractivity contribution >= 4 is 39.9 Å². The number of anilines is 2. The van der Waals surface area contributed by atoms with E-state index in [0.717, 1.165) is 33.7 Å². The number of benzene rings is 2. The molecule has 9 heteroatoms. The number of aromatic amines is 1. The second-order valence-corrected chi connectivity index (χ2v) is 10.1. The first-order valence-electron chi connectivity index (χ1n) is 11.4. The number of hydrogen-bond acceptors (Lipinski definition) is 7. The summed E-state index contributed by atoms with van der Waals surface area (Å²) in [6, 6.07) is 20.3. The van der Waals surface area contributed by atoms with E-state index < -0.39 is 0 Å². The van der Waals surface area contributed by atoms with Gasteiger partial charge in [0.2, 0.25) is 0 Å². The fraction of sp³-hybridized carbons (Fsp3) is 0.231. The highest BCUT2D eigenvalue weighted by Gasteiger charge is 2.33. The van der Waals surface area contributed by atoms with Gasteiger partial charge in [0.25, 0.3) is 0 Å². The Morgan fingerprint density at radius 3 is 2.71 bits per heavy atom. The number of nitrogens with one attached hydrogen (secondary N) is 2. The van der Waals surface area contributed by atoms with Crippen LogP contribution < -0.4 is 5.32 Å². The summed E-state index contributed by atoms with van der Waals surface area (Å²) in [5, 5.41) is 23.5. The van der Waals surface area contributed by atoms with Crippen LogP contribution in [0.2, 0.25) is 0 Å². The molecule has 174 valence electrons. The molecule has 3 aromatic heterocycles. The van der Waals surface area contributed by atoms with E-state index in [1.54, 1.807) is 0 Å². The van der Waals surface area contributed by atoms with Crippen LogP contribution in [-0.4, -0.2) is 30.2 Å². The van der Waals surface area contributed by atoms with Crippen molar-refractivity contribution in [2.75, 3.05) is 5.32 Å². The van der Waals surface area contributed by atoms with E-state index in [4.69, 9.17) is 4.74 Å². The molecule has 0 atom stereocenters. The number of para-hydroxylation sites is 3. The third kappa shape index (κ3) is 3.91. The number of imidazole rings is 1. The van der Waals surface area contributed by atoms with Gasteiger partial charge in [-0.2, -0.15) is 5.26 Å². The molecule has 4 heterocycles. The molecular formula is C26H23N7OS. The summed E-state index contributed by atoms with van der Waals surface area (Å²) in [7, 11) is 0. The van der Waals surface area contributed by atoms with Crippen LogP contribution in [0.5, 0.6) is 0 Å². The first-order valence-corrected chi connectivity index (χ1v) is 12.4. The lowest BCUT2D eigenvalue weighted by Crippen LogP contribution is -2.33. The van der Waals surface area contributed by atoms with Gasteiger partial charge in [-0.15, -0.1) is 10.2 Å². The van der Waals surface area contributed by atoms with Crippen LogP contribution in [0.3, 0.4) is 0 Å². The third-order valence-corrected chi connectivity index (χ3v) is 7.10. The zero-order chi connectivity index (χ0) is 24.0. The minimum atomic E-state index is -0.361. The smallest absolute Gasteiger partial charge is 0.197 e. The maximum absolute atomic E-state index is 10.3. The van der Waals surface area contributed by atoms with Crippen molar-refractivity contribution in [2.24, 2.45) is 0 Å². The molecule has 2 N–H and O–H groups in total. The zero-order valence-corrected chi connectivity index (χ0v) is 20.2. The number of thioether (sulfide) groups is 1. The standard InChI is InChI=1S/C26H23N7OS/c1-26(2)12-17-18(13-27)23(28-16-8-4-3-5-9-16)33-24(19(17)14-34-26)31-32-25(33)35-15-22-29-20-10-6-7-11-21(20)30-22/h3-11,28H,12,14-15H2,1-2H3,(H,29,30). The third-order valence-electron chi connectivity index (χ3n) is 6.16. The largest absolute Gasteiger partial charge is 0.370 e. The van der Waals surface area contributed by atoms with Crippen LogP contribution in [0.1, 0.15) is 36.4 Å². The van der Waals surface area contributed by atoms with E-state index in [2.05, 4.69) is 31.6 Å². The van der Waals surface area contributed by atoms with Gasteiger partial charge in [-0.3, -0.25) is 4.40 Å². The predicted molar refractivity (Wildman–Crippen MR) is 136 cm³/mol. The Bertz CT molecular complexity index is 1560. The molecule has 6 rings (SSSR count). The lowest BCUT2D eigenvalue weighted by molar-refractivity contribution is -0.0397. The van der Waals surface area contributed by atoms with Crippen molar-refractivity contribution in [3.8, 4) is 6.07 Å². The number of nitriles is 1. The Morgan fingerprint density at radius 2 is 1.91 bits per heavy atom. The number of aromatic nitrogens is 5. The fourth-order valence-electron chi connectivity index (χ4n) is 4.50. The van der Waals surface area contributed by atoms with E-state index in [1.165, 1.54) is 11.8 Å². The van der Waals surface area contributed by atoms with Gasteiger partial charge in [-0.05, 0) is 43.7 Å². The second-order valence-electron chi connectivity index (χ2n) is 9.14. The molecule has 0 radical (unpaired) electrons. The average molecular weight is 482 g/mol. The van der Waals surface area contributed by atoms with E-state index in [-0.39, 0.29) is 5.60 Å². The Kier molecular flexibility index (Phi) is 5.20. The quantitative estimate of drug-likeness (QED) is 0.326. The van der Waals surface area contributed by atoms with Crippen LogP contribution >= 0.6 is 11.8 Å². The summed E-state index contributed by atoms with van der Waals surface area (Å²) in [6.07, 6.45) is 0.625. The van der Waals surface area contributed by atoms with Gasteiger partial charge in [-0.25, -0.2) is 4.98 Å². The molecule has 5 aromatic rings. The Hall–Kier alpha value is -3.87. The highest BCUT2D eigenvalue weighted by molar-refractivity contribution is 7.98. The molecule has 0 saturated heterocycles. The van der Waals surface area contributed by atoms with Crippen LogP contribution in [0.25, 0.3) is 16.7 Å². The van der Waals surface area contributed by atoms with Crippen LogP contribution in [0, 0.1) is 11.3 Å². The molecule has 0 amide bonds. The molecule has 35 heavy (non-hydrogen) atoms. The second kappa shape index (κ2) is 8.41. The Morgan fingerprint density at radius 1 is 1.11 bits per heavy atom. The summed E-state index contributed by atoms with van der Waals surface area (Å²) in [5.74, 6) is 2.11. The predicted octanol–water partition coefficient (Wildman–Crippen LogP) is 5.36. The molecule has 0 saturated carbocycles. The van der Waals surface area contributed by atoms with Crippen molar-refractivity contribution in [2.45, 2.75) is 43.4 Å². The van der Waals surface area contributed by atoms with Gasteiger partial charge < -0.3 is 15.0 Å². The topological polar surface area (TPSA) is 104 Å². The number of ether oxygens (including phenoxy) is 1. The van der Waals surface area contributed by atoms with Crippen molar-refractivity contribution in [3.63, 3.8) is 0 Å². The normalized spacial score (nSPS) is 14.7. The summed E-state index contributed by atoms with van der Waals surface area (Å²) in [5.41, 5.74) is 5.65. The van der Waals surface area contributed by atoms with Gasteiger partial charge in [0.05, 0.1) is 34.6 Å². The van der Waals surface area contributed by atoms with Gasteiger partial charge in [-0.1, -0.05) is 42.1 Å². The van der Waals surface area contributed by atoms with Gasteiger partial charge >= 0.3 is 0 Å². The lowest BCUT2D eigenvalue weighted by atomic mass is 9.89. The molecule has 8 nitrogen and oxygen atoms in total. The first kappa shape index (κ1) is 21.6. The summed E-state index contributed by atoms with van der Waals surface area (Å²) in [4.78, 5) is 8.05. The van der Waals surface area contributed by atoms with E-state index in [9.17, 15) is 5.26 Å². The molecule has 0 spiro atoms. The molecule has 0 bridgehead atoms. The number of pyridine rings is 1. The van der Waals surface area contributed by atoms with Gasteiger partial charge in [0, 0.05) is 17.7 Å². The van der Waals surface area contributed by atoms with Crippen LogP contribution in [0.4, 0.5) is 11.5 Å². The Balaban J connectivity index is 1.47. The van der Waals surface area contributed by atoms with E-state index in [1.807, 2.05) is 72.8 Å². The zero-order valence-electron chi connectivity index (χ0n) is 19.4. The van der Waals surface area contributed by atoms with E-state index >= 15 is 0 Å². The van der Waals surface area contributed by atoms with Crippen molar-refractivity contribution in [3.05, 3.63) is 77.1 Å². The molecule has 1 aliphatic heterocycles. The number of nitrogens with zero attached hydrogens (tertiary/aromatic N) is 5. The lowest BCUT2D eigenvalue weighted by Gasteiger charge is -2.33. The maximum atomic E-state index is 10.3. The highest BCUT2D eigenvalue weighted by Crippen LogP contribution is 2.38. The van der Waals surface area contributed by atoms with Gasteiger partial charge in [0.15, 0.2) is 10.8 Å². The highest BCUT2D eigenvalue weighted by atomic mass is 32.2. The Labute approximate surface area is 206 Å². The van der Waals surface area contributed by atoms with Crippen molar-refractivity contribution in [1.82, 2.24) is 24.6 Å². The van der Waals surface area contributed by atoms with Crippen LogP contribution in [-0.2, 0) is 23.5 Å². The molecule has 0 fully saturated rings. The summed E-state index contributed by atoms with van der Waals surface area (Å²) < 4.78 is 8.04. The monoisotopic (exact) mass is 481 g/mol. The molecular weight excluding hydrogens is 458 g/mol. The maximum Gasteiger partial charge on any atom is 0.197 e. The summed E-state index contributed by atoms with van der Waals surface area (Å²) >= 11 is 1.52. The van der Waals surface area contributed by atoms with Gasteiger partial charge in [0.1, 0.15) is 17.7 Å².